The van der Waals surface area contributed by atoms with Gasteiger partial charge in [-0.2, -0.15) is 0 Å². The van der Waals surface area contributed by atoms with Crippen LogP contribution in [-0.4, -0.2) is 33.0 Å². The van der Waals surface area contributed by atoms with Crippen molar-refractivity contribution in [2.45, 2.75) is 0 Å². The first kappa shape index (κ1) is 11.6. The Bertz CT molecular complexity index is 658. The first-order valence-electron chi connectivity index (χ1n) is 4.89. The molecule has 0 saturated carbocycles. The van der Waals surface area contributed by atoms with E-state index < -0.39 is 17.8 Å². The molecule has 1 aromatic heterocycles. The second kappa shape index (κ2) is 4.21. The molecule has 0 aliphatic rings. The summed E-state index contributed by atoms with van der Waals surface area (Å²) in [5, 5.41) is 20.0. The largest absolute Gasteiger partial charge is 0.477 e. The molecule has 0 fully saturated rings. The number of aromatic nitrogens is 1. The number of aliphatic carboxylic acids is 1. The highest BCUT2D eigenvalue weighted by Crippen LogP contribution is 2.27. The van der Waals surface area contributed by atoms with Crippen LogP contribution in [0.2, 0.25) is 0 Å². The zero-order chi connectivity index (χ0) is 13.3. The highest BCUT2D eigenvalue weighted by Gasteiger charge is 2.21. The van der Waals surface area contributed by atoms with Gasteiger partial charge in [0.2, 0.25) is 0 Å². The summed E-state index contributed by atoms with van der Waals surface area (Å²) in [7, 11) is 0. The van der Waals surface area contributed by atoms with Crippen LogP contribution < -0.4 is 5.32 Å². The Balaban J connectivity index is 2.58. The maximum absolute atomic E-state index is 11.1. The quantitative estimate of drug-likeness (QED) is 0.588. The lowest BCUT2D eigenvalue weighted by Crippen LogP contribution is -2.22. The summed E-state index contributed by atoms with van der Waals surface area (Å²) in [6.07, 6.45) is 0. The molecule has 0 saturated heterocycles. The number of anilines is 1. The molecule has 0 atom stereocenters. The van der Waals surface area contributed by atoms with Crippen LogP contribution in [0.3, 0.4) is 0 Å². The molecule has 18 heavy (non-hydrogen) atoms. The van der Waals surface area contributed by atoms with Crippen molar-refractivity contribution in [3.63, 3.8) is 0 Å². The van der Waals surface area contributed by atoms with Gasteiger partial charge in [0.15, 0.2) is 0 Å². The topological polar surface area (TPSA) is 119 Å². The van der Waals surface area contributed by atoms with Crippen LogP contribution in [0.25, 0.3) is 10.9 Å². The van der Waals surface area contributed by atoms with Crippen molar-refractivity contribution in [2.24, 2.45) is 0 Å². The minimum Gasteiger partial charge on any atom is -0.477 e. The molecule has 1 heterocycles. The van der Waals surface area contributed by atoms with Crippen LogP contribution >= 0.6 is 0 Å². The first-order chi connectivity index (χ1) is 8.50. The molecule has 2 aromatic rings. The predicted octanol–water partition coefficient (Wildman–Crippen LogP) is 0.889. The summed E-state index contributed by atoms with van der Waals surface area (Å²) in [6, 6.07) is 6.54. The van der Waals surface area contributed by atoms with E-state index in [0.717, 1.165) is 0 Å². The molecule has 1 amide bonds. The fourth-order valence-electron chi connectivity index (χ4n) is 1.60. The monoisotopic (exact) mass is 248 g/mol. The number of hydrogen-bond acceptors (Lipinski definition) is 3. The third-order valence-electron chi connectivity index (χ3n) is 2.35. The fourth-order valence-corrected chi connectivity index (χ4v) is 1.60. The standard InChI is InChI=1S/C11H8N2O5/c14-9(11(17)18)13-7-5-3-1-2-4-6(5)12-8(7)10(15)16/h1-4,12H,(H,13,14)(H,15,16)(H,17,18). The number of nitrogens with one attached hydrogen (secondary N) is 2. The van der Waals surface area contributed by atoms with Crippen molar-refractivity contribution < 1.29 is 24.6 Å². The van der Waals surface area contributed by atoms with E-state index in [2.05, 4.69) is 10.3 Å². The lowest BCUT2D eigenvalue weighted by Gasteiger charge is -2.01. The zero-order valence-electron chi connectivity index (χ0n) is 8.93. The Morgan fingerprint density at radius 2 is 1.78 bits per heavy atom. The molecule has 4 N–H and O–H groups in total. The van der Waals surface area contributed by atoms with Gasteiger partial charge in [0.05, 0.1) is 5.69 Å². The molecule has 0 radical (unpaired) electrons. The van der Waals surface area contributed by atoms with Gasteiger partial charge in [-0.3, -0.25) is 4.79 Å². The molecule has 2 rings (SSSR count). The number of aromatic carboxylic acids is 1. The number of carboxylic acid groups (broad SMARTS) is 2. The Kier molecular flexibility index (Phi) is 2.72. The molecule has 0 bridgehead atoms. The number of rotatable bonds is 2. The fraction of sp³-hybridized carbons (Fsp3) is 0. The van der Waals surface area contributed by atoms with Crippen molar-refractivity contribution in [3.8, 4) is 0 Å². The van der Waals surface area contributed by atoms with Crippen LogP contribution in [0.4, 0.5) is 5.69 Å². The second-order valence-corrected chi connectivity index (χ2v) is 3.49. The highest BCUT2D eigenvalue weighted by molar-refractivity contribution is 6.37. The summed E-state index contributed by atoms with van der Waals surface area (Å²) in [6.45, 7) is 0. The van der Waals surface area contributed by atoms with Crippen LogP contribution in [0.5, 0.6) is 0 Å². The van der Waals surface area contributed by atoms with Gasteiger partial charge in [-0.25, -0.2) is 9.59 Å². The number of carboxylic acids is 2. The Labute approximate surface area is 100 Å². The van der Waals surface area contributed by atoms with Gasteiger partial charge in [-0.1, -0.05) is 18.2 Å². The molecule has 0 aliphatic heterocycles. The summed E-state index contributed by atoms with van der Waals surface area (Å²) in [5.74, 6) is -4.26. The van der Waals surface area contributed by atoms with Crippen molar-refractivity contribution in [3.05, 3.63) is 30.0 Å². The van der Waals surface area contributed by atoms with Gasteiger partial charge in [0.25, 0.3) is 0 Å². The summed E-state index contributed by atoms with van der Waals surface area (Å²) >= 11 is 0. The van der Waals surface area contributed by atoms with Crippen molar-refractivity contribution >= 4 is 34.4 Å². The van der Waals surface area contributed by atoms with Gasteiger partial charge in [-0.15, -0.1) is 0 Å². The number of aromatic amines is 1. The number of fused-ring (bicyclic) bond motifs is 1. The van der Waals surface area contributed by atoms with E-state index in [9.17, 15) is 14.4 Å². The maximum atomic E-state index is 11.1. The van der Waals surface area contributed by atoms with Gasteiger partial charge >= 0.3 is 17.8 Å². The minimum atomic E-state index is -1.68. The predicted molar refractivity (Wildman–Crippen MR) is 61.5 cm³/mol. The van der Waals surface area contributed by atoms with Gasteiger partial charge < -0.3 is 20.5 Å². The average Bonchev–Trinajstić information content (AvgIpc) is 2.68. The van der Waals surface area contributed by atoms with E-state index in [1.165, 1.54) is 0 Å². The van der Waals surface area contributed by atoms with Crippen molar-refractivity contribution in [2.75, 3.05) is 5.32 Å². The van der Waals surface area contributed by atoms with E-state index in [-0.39, 0.29) is 11.4 Å². The van der Waals surface area contributed by atoms with Crippen LogP contribution in [0, 0.1) is 0 Å². The van der Waals surface area contributed by atoms with Gasteiger partial charge in [0.1, 0.15) is 5.69 Å². The van der Waals surface area contributed by atoms with E-state index in [1.54, 1.807) is 24.3 Å². The molecular weight excluding hydrogens is 240 g/mol. The molecule has 92 valence electrons. The summed E-state index contributed by atoms with van der Waals surface area (Å²) in [5.41, 5.74) is 0.187. The Hall–Kier alpha value is -2.83. The number of benzene rings is 1. The normalized spacial score (nSPS) is 10.2. The van der Waals surface area contributed by atoms with Crippen LogP contribution in [0.15, 0.2) is 24.3 Å². The van der Waals surface area contributed by atoms with E-state index in [4.69, 9.17) is 10.2 Å². The van der Waals surface area contributed by atoms with Crippen LogP contribution in [-0.2, 0) is 9.59 Å². The summed E-state index contributed by atoms with van der Waals surface area (Å²) < 4.78 is 0. The van der Waals surface area contributed by atoms with E-state index in [1.807, 2.05) is 0 Å². The smallest absolute Gasteiger partial charge is 0.394 e. The number of hydrogen-bond donors (Lipinski definition) is 4. The Morgan fingerprint density at radius 1 is 1.11 bits per heavy atom. The SMILES string of the molecule is O=C(O)C(=O)Nc1c(C(=O)O)[nH]c2ccccc12. The molecule has 1 aromatic carbocycles. The average molecular weight is 248 g/mol. The molecule has 0 spiro atoms. The summed E-state index contributed by atoms with van der Waals surface area (Å²) in [4.78, 5) is 35.2. The minimum absolute atomic E-state index is 0.0505. The van der Waals surface area contributed by atoms with Gasteiger partial charge in [-0.05, 0) is 6.07 Å². The van der Waals surface area contributed by atoms with Gasteiger partial charge in [0, 0.05) is 10.9 Å². The molecule has 0 unspecified atom stereocenters. The molecule has 7 nitrogen and oxygen atoms in total. The van der Waals surface area contributed by atoms with Crippen molar-refractivity contribution in [1.29, 1.82) is 0 Å². The lowest BCUT2D eigenvalue weighted by atomic mass is 10.2. The number of carbonyl (C=O) groups is 3. The number of para-hydroxylation sites is 1. The van der Waals surface area contributed by atoms with Crippen molar-refractivity contribution in [1.82, 2.24) is 4.98 Å². The lowest BCUT2D eigenvalue weighted by molar-refractivity contribution is -0.147. The molecule has 0 aliphatic carbocycles. The third-order valence-corrected chi connectivity index (χ3v) is 2.35. The first-order valence-corrected chi connectivity index (χ1v) is 4.89. The molecule has 7 heteroatoms. The van der Waals surface area contributed by atoms with E-state index in [0.29, 0.717) is 10.9 Å². The van der Waals surface area contributed by atoms with Crippen LogP contribution in [0.1, 0.15) is 10.5 Å². The van der Waals surface area contributed by atoms with E-state index >= 15 is 0 Å². The maximum Gasteiger partial charge on any atom is 0.394 e. The molecular formula is C11H8N2O5. The number of amides is 1. The number of H-pyrrole nitrogens is 1. The third kappa shape index (κ3) is 1.88. The Morgan fingerprint density at radius 3 is 2.39 bits per heavy atom. The zero-order valence-corrected chi connectivity index (χ0v) is 8.93. The number of carbonyl (C=O) groups excluding carboxylic acids is 1. The highest BCUT2D eigenvalue weighted by atomic mass is 16.4. The second-order valence-electron chi connectivity index (χ2n) is 3.49.